The summed E-state index contributed by atoms with van der Waals surface area (Å²) in [6, 6.07) is 18.6. The Morgan fingerprint density at radius 1 is 0.893 bits per heavy atom. The highest BCUT2D eigenvalue weighted by Crippen LogP contribution is 2.30. The minimum Gasteiger partial charge on any atom is -0.489 e. The van der Waals surface area contributed by atoms with E-state index in [4.69, 9.17) is 45.1 Å². The van der Waals surface area contributed by atoms with Crippen LogP contribution in [0.25, 0.3) is 16.6 Å². The van der Waals surface area contributed by atoms with Crippen LogP contribution in [0.1, 0.15) is 30.7 Å². The number of carboxylic acids is 1. The Morgan fingerprint density at radius 2 is 1.53 bits per heavy atom. The number of nitrogens with one attached hydrogen (secondary N) is 2. The molecule has 0 fully saturated rings. The van der Waals surface area contributed by atoms with E-state index in [1.165, 1.54) is 56.4 Å². The minimum atomic E-state index is -4.84. The molecule has 0 saturated heterocycles. The van der Waals surface area contributed by atoms with Crippen LogP contribution >= 0.6 is 11.6 Å². The number of methoxy groups -OCH3 is 3. The quantitative estimate of drug-likeness (QED) is 0.104. The topological polar surface area (TPSA) is 305 Å². The summed E-state index contributed by atoms with van der Waals surface area (Å²) in [6.45, 7) is 3.24. The maximum Gasteiger partial charge on any atom is 0.431 e. The van der Waals surface area contributed by atoms with Gasteiger partial charge in [0, 0.05) is 37.3 Å². The number of ether oxygens (including phenoxy) is 6. The Morgan fingerprint density at radius 3 is 2.09 bits per heavy atom. The second-order valence-corrected chi connectivity index (χ2v) is 19.4. The lowest BCUT2D eigenvalue weighted by Crippen LogP contribution is -2.45. The predicted molar refractivity (Wildman–Crippen MR) is 263 cm³/mol. The van der Waals surface area contributed by atoms with Crippen LogP contribution in [0, 0.1) is 0 Å². The molecule has 1 unspecified atom stereocenters. The number of hydrogen-bond donors (Lipinski definition) is 3. The zero-order valence-corrected chi connectivity index (χ0v) is 43.3. The standard InChI is InChI=1S/C25H25F3N2O6.C11H8ClNO3.C9H15N5O7S2/c1-5-16-6-7-17(20(12-16)36-15(2)23(32)34-4)14-35-19-10-8-18(9-11-19)30-22(31)13-21(25(26,27)28)29(3)24(30)33;12-8-3-4-9(16-6-10(14)15)11-7(8)2-1-5-13-11;1-14(22(4,16)17)23(18,19)13-9(15)12-8-10-6(20-2)5-7(11-8)21-3/h6-13,15H,5,14H2,1-4H3;1-5H,6H2,(H,14,15);5H,1-4H3,(H2,10,11,12,13,15). The van der Waals surface area contributed by atoms with Gasteiger partial charge in [-0.15, -0.1) is 0 Å². The number of rotatable bonds is 17. The van der Waals surface area contributed by atoms with E-state index in [0.717, 1.165) is 31.5 Å². The van der Waals surface area contributed by atoms with Crippen molar-refractivity contribution in [3.63, 3.8) is 0 Å². The van der Waals surface area contributed by atoms with Gasteiger partial charge in [0.05, 0.1) is 44.4 Å². The number of benzene rings is 3. The largest absolute Gasteiger partial charge is 0.489 e. The molecule has 2 amide bonds. The van der Waals surface area contributed by atoms with E-state index >= 15 is 0 Å². The molecule has 0 aliphatic rings. The van der Waals surface area contributed by atoms with Crippen LogP contribution in [0.15, 0.2) is 94.6 Å². The number of carbonyl (C=O) groups is 3. The van der Waals surface area contributed by atoms with E-state index in [1.807, 2.05) is 30.4 Å². The fourth-order valence-corrected chi connectivity index (χ4v) is 8.13. The van der Waals surface area contributed by atoms with Gasteiger partial charge in [-0.1, -0.05) is 34.4 Å². The number of aryl methyl sites for hydroxylation is 1. The Labute approximate surface area is 430 Å². The molecule has 6 aromatic rings. The first-order chi connectivity index (χ1) is 35.1. The second-order valence-electron chi connectivity index (χ2n) is 15.0. The number of nitrogens with zero attached hydrogens (tertiary/aromatic N) is 6. The number of hydrogen-bond acceptors (Lipinski definition) is 18. The highest BCUT2D eigenvalue weighted by atomic mass is 35.5. The van der Waals surface area contributed by atoms with Crippen LogP contribution in [0.5, 0.6) is 29.0 Å². The number of carboxylic acid groups (broad SMARTS) is 1. The number of sulfonamides is 1. The minimum absolute atomic E-state index is 0.00654. The lowest BCUT2D eigenvalue weighted by Gasteiger charge is -2.17. The fraction of sp³-hybridized carbons (Fsp3) is 0.289. The fourth-order valence-electron chi connectivity index (χ4n) is 5.96. The van der Waals surface area contributed by atoms with Crippen LogP contribution in [-0.2, 0) is 60.8 Å². The van der Waals surface area contributed by atoms with Gasteiger partial charge in [0.1, 0.15) is 35.1 Å². The summed E-state index contributed by atoms with van der Waals surface area (Å²) in [4.78, 5) is 70.2. The molecule has 404 valence electrons. The van der Waals surface area contributed by atoms with Crippen molar-refractivity contribution in [1.29, 1.82) is 0 Å². The van der Waals surface area contributed by atoms with Gasteiger partial charge in [-0.25, -0.2) is 36.9 Å². The van der Waals surface area contributed by atoms with Crippen LogP contribution < -0.4 is 45.0 Å². The molecule has 3 aromatic carbocycles. The number of aromatic nitrogens is 5. The first-order valence-corrected chi connectivity index (χ1v) is 24.9. The summed E-state index contributed by atoms with van der Waals surface area (Å²) in [5, 5.41) is 11.9. The lowest BCUT2D eigenvalue weighted by molar-refractivity contribution is -0.148. The van der Waals surface area contributed by atoms with Crippen molar-refractivity contribution < 1.29 is 77.9 Å². The van der Waals surface area contributed by atoms with Crippen molar-refractivity contribution in [2.24, 2.45) is 7.05 Å². The van der Waals surface area contributed by atoms with Crippen molar-refractivity contribution in [3.05, 3.63) is 128 Å². The van der Waals surface area contributed by atoms with Gasteiger partial charge in [-0.3, -0.25) is 19.7 Å². The molecule has 30 heteroatoms. The van der Waals surface area contributed by atoms with Gasteiger partial charge < -0.3 is 33.5 Å². The van der Waals surface area contributed by atoms with Gasteiger partial charge in [-0.05, 0) is 73.5 Å². The smallest absolute Gasteiger partial charge is 0.431 e. The molecule has 0 bridgehead atoms. The number of urea groups is 1. The van der Waals surface area contributed by atoms with E-state index in [0.29, 0.717) is 54.8 Å². The molecule has 0 aliphatic carbocycles. The Kier molecular flexibility index (Phi) is 20.5. The van der Waals surface area contributed by atoms with Gasteiger partial charge in [0.15, 0.2) is 12.7 Å². The number of carbonyl (C=O) groups excluding carboxylic acids is 2. The van der Waals surface area contributed by atoms with Crippen LogP contribution in [0.3, 0.4) is 0 Å². The summed E-state index contributed by atoms with van der Waals surface area (Å²) in [5.41, 5.74) is -1.24. The van der Waals surface area contributed by atoms with Crippen LogP contribution in [0.4, 0.5) is 23.9 Å². The van der Waals surface area contributed by atoms with E-state index in [-0.39, 0.29) is 33.7 Å². The average molecular weight is 1110 g/mol. The van der Waals surface area contributed by atoms with Gasteiger partial charge in [0.2, 0.25) is 27.7 Å². The van der Waals surface area contributed by atoms with Gasteiger partial charge in [0.25, 0.3) is 5.56 Å². The number of halogens is 4. The first-order valence-electron chi connectivity index (χ1n) is 21.3. The number of pyridine rings is 1. The molecular weight excluding hydrogens is 1070 g/mol. The molecule has 6 rings (SSSR count). The van der Waals surface area contributed by atoms with E-state index in [2.05, 4.69) is 15.0 Å². The Bertz CT molecular complexity index is 3360. The highest BCUT2D eigenvalue weighted by Gasteiger charge is 2.35. The maximum atomic E-state index is 13.1. The number of amides is 2. The summed E-state index contributed by atoms with van der Waals surface area (Å²) < 4.78 is 119. The molecule has 0 spiro atoms. The predicted octanol–water partition coefficient (Wildman–Crippen LogP) is 4.74. The van der Waals surface area contributed by atoms with Crippen LogP contribution in [-0.4, -0.2) is 115 Å². The monoisotopic (exact) mass is 1110 g/mol. The Balaban J connectivity index is 0.000000266. The third-order valence-electron chi connectivity index (χ3n) is 9.86. The summed E-state index contributed by atoms with van der Waals surface area (Å²) in [5.74, 6) is -0.487. The van der Waals surface area contributed by atoms with Crippen molar-refractivity contribution >= 4 is 66.7 Å². The van der Waals surface area contributed by atoms with E-state index in [9.17, 15) is 54.0 Å². The average Bonchev–Trinajstić information content (AvgIpc) is 3.36. The van der Waals surface area contributed by atoms with Crippen LogP contribution in [0.2, 0.25) is 5.02 Å². The van der Waals surface area contributed by atoms with Gasteiger partial charge in [-0.2, -0.15) is 31.6 Å². The summed E-state index contributed by atoms with van der Waals surface area (Å²) in [6.07, 6.45) is -2.64. The SMILES string of the molecule is CCc1ccc(COc2ccc(-n3c(=O)cc(C(F)(F)F)n(C)c3=O)cc2)c(OC(C)C(=O)OC)c1.COc1cc(OC)nc(NC(=O)NS(=O)(=O)N(C)S(C)(=O)=O)n1.O=C(O)COc1ccc(Cl)c2cccnc12. The number of alkyl halides is 3. The molecule has 3 heterocycles. The zero-order chi connectivity index (χ0) is 56.0. The first kappa shape index (κ1) is 59.5. The number of aliphatic carboxylic acids is 1. The molecule has 75 heavy (non-hydrogen) atoms. The second kappa shape index (κ2) is 25.8. The Hall–Kier alpha value is -8.02. The molecule has 0 radical (unpaired) electrons. The van der Waals surface area contributed by atoms with Crippen molar-refractivity contribution in [1.82, 2.24) is 32.5 Å². The molecular formula is C45H48ClF3N8O16S2. The van der Waals surface area contributed by atoms with E-state index in [1.54, 1.807) is 37.4 Å². The molecule has 3 N–H and O–H groups in total. The number of fused-ring (bicyclic) bond motifs is 1. The normalized spacial score (nSPS) is 11.7. The maximum absolute atomic E-state index is 13.1. The van der Waals surface area contributed by atoms with Crippen molar-refractivity contribution in [2.75, 3.05) is 46.6 Å². The molecule has 0 aliphatic heterocycles. The number of esters is 1. The highest BCUT2D eigenvalue weighted by molar-refractivity contribution is 8.03. The third kappa shape index (κ3) is 16.5. The molecule has 0 saturated carbocycles. The summed E-state index contributed by atoms with van der Waals surface area (Å²) in [7, 11) is -3.05. The molecule has 1 atom stereocenters. The van der Waals surface area contributed by atoms with Gasteiger partial charge >= 0.3 is 40.0 Å². The zero-order valence-electron chi connectivity index (χ0n) is 40.9. The van der Waals surface area contributed by atoms with E-state index < -0.39 is 74.0 Å². The summed E-state index contributed by atoms with van der Waals surface area (Å²) >= 11 is 5.98. The van der Waals surface area contributed by atoms with Crippen molar-refractivity contribution in [3.8, 4) is 34.7 Å². The third-order valence-corrected chi connectivity index (χ3v) is 13.6. The molecule has 24 nitrogen and oxygen atoms in total. The molecule has 3 aromatic heterocycles. The van der Waals surface area contributed by atoms with Crippen molar-refractivity contribution in [2.45, 2.75) is 39.2 Å². The number of anilines is 1. The lowest BCUT2D eigenvalue weighted by atomic mass is 10.1.